The number of rotatable bonds is 1. The molecule has 0 radical (unpaired) electrons. The maximum absolute atomic E-state index is 12.9. The molecule has 0 aliphatic carbocycles. The van der Waals surface area contributed by atoms with Gasteiger partial charge < -0.3 is 0 Å². The van der Waals surface area contributed by atoms with Crippen LogP contribution in [-0.2, 0) is 0 Å². The largest absolute Gasteiger partial charge is 0.268 e. The first-order chi connectivity index (χ1) is 10.7. The van der Waals surface area contributed by atoms with Crippen LogP contribution in [0.15, 0.2) is 67.0 Å². The third kappa shape index (κ3) is 1.91. The van der Waals surface area contributed by atoms with E-state index in [-0.39, 0.29) is 5.91 Å². The monoisotopic (exact) mass is 286 g/mol. The van der Waals surface area contributed by atoms with Gasteiger partial charge in [-0.15, -0.1) is 0 Å². The van der Waals surface area contributed by atoms with Crippen LogP contribution in [0.5, 0.6) is 0 Å². The molecule has 0 bridgehead atoms. The molecule has 106 valence electrons. The molecule has 0 unspecified atom stereocenters. The number of carbonyl (C=O) groups is 1. The third-order valence-corrected chi connectivity index (χ3v) is 3.94. The van der Waals surface area contributed by atoms with Crippen LogP contribution < -0.4 is 0 Å². The summed E-state index contributed by atoms with van der Waals surface area (Å²) in [5, 5.41) is 2.03. The van der Waals surface area contributed by atoms with Gasteiger partial charge in [0.05, 0.1) is 11.0 Å². The quantitative estimate of drug-likeness (QED) is 0.526. The van der Waals surface area contributed by atoms with E-state index in [1.807, 2.05) is 67.6 Å². The molecule has 4 aromatic rings. The smallest absolute Gasteiger partial charge is 0.264 e. The normalized spacial score (nSPS) is 11.1. The molecule has 1 heterocycles. The van der Waals surface area contributed by atoms with Crippen LogP contribution in [0.1, 0.15) is 15.9 Å². The molecule has 22 heavy (non-hydrogen) atoms. The van der Waals surface area contributed by atoms with Crippen molar-refractivity contribution in [1.29, 1.82) is 0 Å². The second-order valence-electron chi connectivity index (χ2n) is 5.44. The third-order valence-electron chi connectivity index (χ3n) is 3.94. The summed E-state index contributed by atoms with van der Waals surface area (Å²) >= 11 is 0. The summed E-state index contributed by atoms with van der Waals surface area (Å²) in [5.74, 6) is -0.0526. The molecule has 3 heteroatoms. The molecule has 0 N–H and O–H groups in total. The Morgan fingerprint density at radius 1 is 1.00 bits per heavy atom. The van der Waals surface area contributed by atoms with Gasteiger partial charge in [-0.3, -0.25) is 9.36 Å². The fraction of sp³-hybridized carbons (Fsp3) is 0.0526. The van der Waals surface area contributed by atoms with Crippen LogP contribution in [0.2, 0.25) is 0 Å². The summed E-state index contributed by atoms with van der Waals surface area (Å²) in [5.41, 5.74) is 3.51. The maximum Gasteiger partial charge on any atom is 0.264 e. The number of aromatic nitrogens is 2. The number of nitrogens with zero attached hydrogens (tertiary/aromatic N) is 2. The molecule has 3 nitrogen and oxygen atoms in total. The number of hydrogen-bond donors (Lipinski definition) is 0. The van der Waals surface area contributed by atoms with E-state index >= 15 is 0 Å². The molecule has 0 aliphatic rings. The first kappa shape index (κ1) is 12.8. The summed E-state index contributed by atoms with van der Waals surface area (Å²) < 4.78 is 1.62. The van der Waals surface area contributed by atoms with E-state index in [0.717, 1.165) is 27.4 Å². The van der Waals surface area contributed by atoms with Gasteiger partial charge in [-0.05, 0) is 41.5 Å². The summed E-state index contributed by atoms with van der Waals surface area (Å²) in [7, 11) is 0. The minimum absolute atomic E-state index is 0.0526. The van der Waals surface area contributed by atoms with Crippen molar-refractivity contribution in [3.05, 3.63) is 78.1 Å². The van der Waals surface area contributed by atoms with E-state index in [1.54, 1.807) is 10.9 Å². The number of benzene rings is 3. The Hall–Kier alpha value is -2.94. The number of hydrogen-bond acceptors (Lipinski definition) is 2. The van der Waals surface area contributed by atoms with Crippen molar-refractivity contribution in [2.45, 2.75) is 6.92 Å². The predicted molar refractivity (Wildman–Crippen MR) is 88.1 cm³/mol. The van der Waals surface area contributed by atoms with E-state index in [2.05, 4.69) is 4.98 Å². The van der Waals surface area contributed by atoms with Crippen molar-refractivity contribution in [2.24, 2.45) is 0 Å². The SMILES string of the molecule is Cc1ccc2c(c1)ncn2C(=O)c1cccc2ccccc12. The summed E-state index contributed by atoms with van der Waals surface area (Å²) in [6, 6.07) is 19.7. The Kier molecular flexibility index (Phi) is 2.79. The molecule has 0 fully saturated rings. The van der Waals surface area contributed by atoms with Crippen LogP contribution in [0.3, 0.4) is 0 Å². The average Bonchev–Trinajstić information content (AvgIpc) is 2.96. The Bertz CT molecular complexity index is 1010. The average molecular weight is 286 g/mol. The van der Waals surface area contributed by atoms with E-state index < -0.39 is 0 Å². The highest BCUT2D eigenvalue weighted by atomic mass is 16.2. The Labute approximate surface area is 127 Å². The van der Waals surface area contributed by atoms with Gasteiger partial charge in [-0.1, -0.05) is 42.5 Å². The van der Waals surface area contributed by atoms with Gasteiger partial charge in [0.1, 0.15) is 6.33 Å². The van der Waals surface area contributed by atoms with Gasteiger partial charge in [0, 0.05) is 5.56 Å². The van der Waals surface area contributed by atoms with Crippen LogP contribution in [0.25, 0.3) is 21.8 Å². The van der Waals surface area contributed by atoms with Crippen molar-refractivity contribution in [3.63, 3.8) is 0 Å². The molecule has 0 atom stereocenters. The molecular formula is C19H14N2O. The van der Waals surface area contributed by atoms with Gasteiger partial charge >= 0.3 is 0 Å². The molecular weight excluding hydrogens is 272 g/mol. The molecule has 0 aliphatic heterocycles. The lowest BCUT2D eigenvalue weighted by molar-refractivity contribution is 0.0966. The second-order valence-corrected chi connectivity index (χ2v) is 5.44. The van der Waals surface area contributed by atoms with E-state index in [9.17, 15) is 4.79 Å². The maximum atomic E-state index is 12.9. The highest BCUT2D eigenvalue weighted by Gasteiger charge is 2.14. The number of imidazole rings is 1. The Morgan fingerprint density at radius 2 is 1.82 bits per heavy atom. The van der Waals surface area contributed by atoms with Crippen molar-refractivity contribution in [1.82, 2.24) is 9.55 Å². The van der Waals surface area contributed by atoms with Crippen molar-refractivity contribution >= 4 is 27.7 Å². The summed E-state index contributed by atoms with van der Waals surface area (Å²) in [6.45, 7) is 2.02. The van der Waals surface area contributed by atoms with E-state index in [4.69, 9.17) is 0 Å². The summed E-state index contributed by atoms with van der Waals surface area (Å²) in [6.07, 6.45) is 1.61. The van der Waals surface area contributed by atoms with Crippen molar-refractivity contribution < 1.29 is 4.79 Å². The lowest BCUT2D eigenvalue weighted by Gasteiger charge is -2.07. The van der Waals surface area contributed by atoms with Gasteiger partial charge in [-0.2, -0.15) is 0 Å². The van der Waals surface area contributed by atoms with Gasteiger partial charge in [0.15, 0.2) is 0 Å². The number of carbonyl (C=O) groups excluding carboxylic acids is 1. The minimum atomic E-state index is -0.0526. The highest BCUT2D eigenvalue weighted by molar-refractivity contribution is 6.10. The van der Waals surface area contributed by atoms with Crippen LogP contribution in [0.4, 0.5) is 0 Å². The van der Waals surface area contributed by atoms with Crippen LogP contribution >= 0.6 is 0 Å². The first-order valence-electron chi connectivity index (χ1n) is 7.20. The standard InChI is InChI=1S/C19H14N2O/c1-13-9-10-18-17(11-13)20-12-21(18)19(22)16-8-4-6-14-5-2-3-7-15(14)16/h2-12H,1H3. The second kappa shape index (κ2) is 4.81. The molecule has 0 saturated carbocycles. The van der Waals surface area contributed by atoms with E-state index in [0.29, 0.717) is 5.56 Å². The lowest BCUT2D eigenvalue weighted by Crippen LogP contribution is -2.11. The molecule has 0 amide bonds. The molecule has 1 aromatic heterocycles. The molecule has 3 aromatic carbocycles. The van der Waals surface area contributed by atoms with E-state index in [1.165, 1.54) is 0 Å². The fourth-order valence-corrected chi connectivity index (χ4v) is 2.83. The zero-order valence-electron chi connectivity index (χ0n) is 12.2. The lowest BCUT2D eigenvalue weighted by atomic mass is 10.0. The van der Waals surface area contributed by atoms with Crippen LogP contribution in [-0.4, -0.2) is 15.5 Å². The zero-order chi connectivity index (χ0) is 15.1. The minimum Gasteiger partial charge on any atom is -0.268 e. The zero-order valence-corrected chi connectivity index (χ0v) is 12.2. The Morgan fingerprint density at radius 3 is 2.73 bits per heavy atom. The molecule has 0 spiro atoms. The van der Waals surface area contributed by atoms with Gasteiger partial charge in [0.25, 0.3) is 5.91 Å². The highest BCUT2D eigenvalue weighted by Crippen LogP contribution is 2.22. The fourth-order valence-electron chi connectivity index (χ4n) is 2.83. The molecule has 0 saturated heterocycles. The number of aryl methyl sites for hydroxylation is 1. The van der Waals surface area contributed by atoms with Crippen molar-refractivity contribution in [3.8, 4) is 0 Å². The van der Waals surface area contributed by atoms with Crippen LogP contribution in [0, 0.1) is 6.92 Å². The summed E-state index contributed by atoms with van der Waals surface area (Å²) in [4.78, 5) is 17.3. The predicted octanol–water partition coefficient (Wildman–Crippen LogP) is 4.19. The van der Waals surface area contributed by atoms with Crippen molar-refractivity contribution in [2.75, 3.05) is 0 Å². The van der Waals surface area contributed by atoms with Gasteiger partial charge in [0.2, 0.25) is 0 Å². The van der Waals surface area contributed by atoms with Gasteiger partial charge in [-0.25, -0.2) is 4.98 Å². The Balaban J connectivity index is 1.92. The first-order valence-corrected chi connectivity index (χ1v) is 7.20. The topological polar surface area (TPSA) is 34.9 Å². The number of fused-ring (bicyclic) bond motifs is 2. The molecule has 4 rings (SSSR count).